The average molecular weight is 201 g/mol. The standard InChI is InChI=1S/C10H13ClO2/c1-7(2)6-13-8-3-4-9(11)10(12)5-8/h3-5,7,12H,6H2,1-2H3. The zero-order valence-corrected chi connectivity index (χ0v) is 8.51. The highest BCUT2D eigenvalue weighted by Crippen LogP contribution is 2.27. The molecular formula is C10H13ClO2. The molecule has 0 spiro atoms. The largest absolute Gasteiger partial charge is 0.506 e. The topological polar surface area (TPSA) is 29.5 Å². The molecule has 0 heterocycles. The van der Waals surface area contributed by atoms with Crippen molar-refractivity contribution in [2.75, 3.05) is 6.61 Å². The normalized spacial score (nSPS) is 10.5. The van der Waals surface area contributed by atoms with Crippen LogP contribution in [-0.2, 0) is 0 Å². The molecule has 0 unspecified atom stereocenters. The molecule has 0 aliphatic heterocycles. The van der Waals surface area contributed by atoms with Crippen LogP contribution in [0.5, 0.6) is 11.5 Å². The summed E-state index contributed by atoms with van der Waals surface area (Å²) in [4.78, 5) is 0. The minimum absolute atomic E-state index is 0.0583. The molecule has 0 aliphatic carbocycles. The van der Waals surface area contributed by atoms with Crippen LogP contribution in [0.15, 0.2) is 18.2 Å². The SMILES string of the molecule is CC(C)COc1ccc(Cl)c(O)c1. The minimum Gasteiger partial charge on any atom is -0.506 e. The van der Waals surface area contributed by atoms with Gasteiger partial charge >= 0.3 is 0 Å². The molecule has 1 aromatic rings. The maximum absolute atomic E-state index is 9.25. The van der Waals surface area contributed by atoms with Crippen molar-refractivity contribution in [3.8, 4) is 11.5 Å². The molecule has 1 aromatic carbocycles. The van der Waals surface area contributed by atoms with Gasteiger partial charge in [-0.1, -0.05) is 25.4 Å². The van der Waals surface area contributed by atoms with Gasteiger partial charge in [0.25, 0.3) is 0 Å². The molecule has 72 valence electrons. The maximum atomic E-state index is 9.25. The summed E-state index contributed by atoms with van der Waals surface area (Å²) in [6.07, 6.45) is 0. The second kappa shape index (κ2) is 4.38. The van der Waals surface area contributed by atoms with Crippen LogP contribution in [0.3, 0.4) is 0 Å². The summed E-state index contributed by atoms with van der Waals surface area (Å²) in [5.74, 6) is 1.18. The first-order chi connectivity index (χ1) is 6.09. The number of phenols is 1. The Bertz CT molecular complexity index is 284. The smallest absolute Gasteiger partial charge is 0.137 e. The van der Waals surface area contributed by atoms with Gasteiger partial charge < -0.3 is 9.84 Å². The molecule has 1 rings (SSSR count). The van der Waals surface area contributed by atoms with E-state index in [1.807, 2.05) is 0 Å². The molecule has 0 amide bonds. The summed E-state index contributed by atoms with van der Waals surface area (Å²) in [5.41, 5.74) is 0. The van der Waals surface area contributed by atoms with Crippen LogP contribution < -0.4 is 4.74 Å². The molecule has 0 fully saturated rings. The zero-order valence-electron chi connectivity index (χ0n) is 7.75. The van der Waals surface area contributed by atoms with Crippen LogP contribution >= 0.6 is 11.6 Å². The molecule has 3 heteroatoms. The number of rotatable bonds is 3. The highest BCUT2D eigenvalue weighted by molar-refractivity contribution is 6.32. The third-order valence-electron chi connectivity index (χ3n) is 1.50. The summed E-state index contributed by atoms with van der Waals surface area (Å²) in [7, 11) is 0. The van der Waals surface area contributed by atoms with Crippen LogP contribution in [0.1, 0.15) is 13.8 Å². The van der Waals surface area contributed by atoms with Crippen LogP contribution in [0.25, 0.3) is 0 Å². The molecule has 2 nitrogen and oxygen atoms in total. The van der Waals surface area contributed by atoms with Crippen LogP contribution in [-0.4, -0.2) is 11.7 Å². The van der Waals surface area contributed by atoms with E-state index in [2.05, 4.69) is 13.8 Å². The lowest BCUT2D eigenvalue weighted by molar-refractivity contribution is 0.270. The van der Waals surface area contributed by atoms with Crippen molar-refractivity contribution in [1.82, 2.24) is 0 Å². The fraction of sp³-hybridized carbons (Fsp3) is 0.400. The molecule has 13 heavy (non-hydrogen) atoms. The van der Waals surface area contributed by atoms with Crippen LogP contribution in [0.2, 0.25) is 5.02 Å². The summed E-state index contributed by atoms with van der Waals surface area (Å²) < 4.78 is 5.38. The molecule has 0 aromatic heterocycles. The van der Waals surface area contributed by atoms with Crippen molar-refractivity contribution >= 4 is 11.6 Å². The Morgan fingerprint density at radius 1 is 1.46 bits per heavy atom. The average Bonchev–Trinajstić information content (AvgIpc) is 2.07. The fourth-order valence-corrected chi connectivity index (χ4v) is 0.963. The summed E-state index contributed by atoms with van der Waals surface area (Å²) in [6.45, 7) is 4.77. The van der Waals surface area contributed by atoms with Crippen molar-refractivity contribution < 1.29 is 9.84 Å². The van der Waals surface area contributed by atoms with E-state index >= 15 is 0 Å². The van der Waals surface area contributed by atoms with E-state index in [1.165, 1.54) is 6.07 Å². The van der Waals surface area contributed by atoms with Gasteiger partial charge in [-0.25, -0.2) is 0 Å². The Morgan fingerprint density at radius 2 is 2.15 bits per heavy atom. The Morgan fingerprint density at radius 3 is 2.69 bits per heavy atom. The molecule has 0 saturated heterocycles. The number of hydrogen-bond donors (Lipinski definition) is 1. The first-order valence-corrected chi connectivity index (χ1v) is 4.58. The fourth-order valence-electron chi connectivity index (χ4n) is 0.845. The van der Waals surface area contributed by atoms with Gasteiger partial charge in [0.1, 0.15) is 11.5 Å². The van der Waals surface area contributed by atoms with E-state index < -0.39 is 0 Å². The van der Waals surface area contributed by atoms with Gasteiger partial charge in [0.05, 0.1) is 11.6 Å². The summed E-state index contributed by atoms with van der Waals surface area (Å²) in [6, 6.07) is 4.88. The number of phenolic OH excluding ortho intramolecular Hbond substituents is 1. The third-order valence-corrected chi connectivity index (χ3v) is 1.82. The highest BCUT2D eigenvalue weighted by atomic mass is 35.5. The second-order valence-corrected chi connectivity index (χ2v) is 3.73. The van der Waals surface area contributed by atoms with E-state index in [9.17, 15) is 5.11 Å². The number of halogens is 1. The second-order valence-electron chi connectivity index (χ2n) is 3.32. The summed E-state index contributed by atoms with van der Waals surface area (Å²) in [5, 5.41) is 9.60. The molecule has 0 atom stereocenters. The number of hydrogen-bond acceptors (Lipinski definition) is 2. The van der Waals surface area contributed by atoms with E-state index in [1.54, 1.807) is 12.1 Å². The number of ether oxygens (including phenoxy) is 1. The Hall–Kier alpha value is -0.890. The third kappa shape index (κ3) is 3.15. The van der Waals surface area contributed by atoms with Gasteiger partial charge in [0.2, 0.25) is 0 Å². The first kappa shape index (κ1) is 10.2. The Balaban J connectivity index is 2.63. The number of aromatic hydroxyl groups is 1. The van der Waals surface area contributed by atoms with Crippen LogP contribution in [0.4, 0.5) is 0 Å². The van der Waals surface area contributed by atoms with Gasteiger partial charge in [0.15, 0.2) is 0 Å². The lowest BCUT2D eigenvalue weighted by atomic mass is 10.2. The minimum atomic E-state index is 0.0583. The molecule has 0 aliphatic rings. The molecule has 0 saturated carbocycles. The molecule has 0 radical (unpaired) electrons. The molecule has 0 bridgehead atoms. The first-order valence-electron chi connectivity index (χ1n) is 4.21. The van der Waals surface area contributed by atoms with E-state index in [-0.39, 0.29) is 5.75 Å². The van der Waals surface area contributed by atoms with Gasteiger partial charge in [-0.2, -0.15) is 0 Å². The predicted octanol–water partition coefficient (Wildman–Crippen LogP) is 3.08. The van der Waals surface area contributed by atoms with Crippen molar-refractivity contribution in [1.29, 1.82) is 0 Å². The predicted molar refractivity (Wildman–Crippen MR) is 53.4 cm³/mol. The van der Waals surface area contributed by atoms with Gasteiger partial charge in [-0.15, -0.1) is 0 Å². The number of benzene rings is 1. The van der Waals surface area contributed by atoms with E-state index in [0.717, 1.165) is 0 Å². The highest BCUT2D eigenvalue weighted by Gasteiger charge is 2.01. The van der Waals surface area contributed by atoms with E-state index in [4.69, 9.17) is 16.3 Å². The zero-order chi connectivity index (χ0) is 9.84. The van der Waals surface area contributed by atoms with Crippen molar-refractivity contribution in [3.63, 3.8) is 0 Å². The lowest BCUT2D eigenvalue weighted by Crippen LogP contribution is -2.04. The Labute approximate surface area is 83.1 Å². The van der Waals surface area contributed by atoms with Gasteiger partial charge in [-0.05, 0) is 18.1 Å². The van der Waals surface area contributed by atoms with E-state index in [0.29, 0.717) is 23.3 Å². The quantitative estimate of drug-likeness (QED) is 0.813. The van der Waals surface area contributed by atoms with Gasteiger partial charge in [0, 0.05) is 6.07 Å². The Kier molecular flexibility index (Phi) is 3.43. The van der Waals surface area contributed by atoms with Crippen molar-refractivity contribution in [2.24, 2.45) is 5.92 Å². The lowest BCUT2D eigenvalue weighted by Gasteiger charge is -2.08. The van der Waals surface area contributed by atoms with Crippen molar-refractivity contribution in [3.05, 3.63) is 23.2 Å². The maximum Gasteiger partial charge on any atom is 0.137 e. The van der Waals surface area contributed by atoms with Crippen LogP contribution in [0, 0.1) is 5.92 Å². The summed E-state index contributed by atoms with van der Waals surface area (Å²) >= 11 is 5.64. The molecular weight excluding hydrogens is 188 g/mol. The molecule has 1 N–H and O–H groups in total. The van der Waals surface area contributed by atoms with Gasteiger partial charge in [-0.3, -0.25) is 0 Å². The van der Waals surface area contributed by atoms with Crippen molar-refractivity contribution in [2.45, 2.75) is 13.8 Å². The monoisotopic (exact) mass is 200 g/mol.